The van der Waals surface area contributed by atoms with Gasteiger partial charge < -0.3 is 0 Å². The molecule has 2 heteroatoms. The Bertz CT molecular complexity index is 859. The Morgan fingerprint density at radius 1 is 1.05 bits per heavy atom. The molecule has 102 valence electrons. The van der Waals surface area contributed by atoms with Crippen molar-refractivity contribution >= 4 is 10.8 Å². The summed E-state index contributed by atoms with van der Waals surface area (Å²) in [4.78, 5) is 0. The SMILES string of the molecule is CCc1ccc2c(-c3ccc(C#N)c(F)c3)cccc2c1. The second-order valence-electron chi connectivity index (χ2n) is 5.02. The van der Waals surface area contributed by atoms with Crippen molar-refractivity contribution in [3.8, 4) is 17.2 Å². The fourth-order valence-electron chi connectivity index (χ4n) is 2.58. The smallest absolute Gasteiger partial charge is 0.141 e. The van der Waals surface area contributed by atoms with Gasteiger partial charge in [0.15, 0.2) is 0 Å². The highest BCUT2D eigenvalue weighted by molar-refractivity contribution is 5.97. The lowest BCUT2D eigenvalue weighted by Gasteiger charge is -2.09. The molecule has 1 nitrogen and oxygen atoms in total. The fraction of sp³-hybridized carbons (Fsp3) is 0.105. The minimum atomic E-state index is -0.475. The van der Waals surface area contributed by atoms with Gasteiger partial charge in [-0.1, -0.05) is 49.4 Å². The molecule has 0 aliphatic rings. The molecule has 3 aromatic carbocycles. The van der Waals surface area contributed by atoms with Gasteiger partial charge in [0, 0.05) is 0 Å². The van der Waals surface area contributed by atoms with Crippen LogP contribution >= 0.6 is 0 Å². The monoisotopic (exact) mass is 275 g/mol. The maximum atomic E-state index is 13.8. The zero-order chi connectivity index (χ0) is 14.8. The van der Waals surface area contributed by atoms with E-state index in [9.17, 15) is 4.39 Å². The number of halogens is 1. The normalized spacial score (nSPS) is 10.5. The zero-order valence-corrected chi connectivity index (χ0v) is 11.7. The Morgan fingerprint density at radius 3 is 2.62 bits per heavy atom. The summed E-state index contributed by atoms with van der Waals surface area (Å²) in [5.74, 6) is -0.475. The first-order chi connectivity index (χ1) is 10.2. The molecule has 0 aliphatic heterocycles. The second kappa shape index (κ2) is 5.38. The van der Waals surface area contributed by atoms with Crippen LogP contribution in [0, 0.1) is 17.1 Å². The molecule has 0 bridgehead atoms. The van der Waals surface area contributed by atoms with E-state index in [4.69, 9.17) is 5.26 Å². The summed E-state index contributed by atoms with van der Waals surface area (Å²) in [6.07, 6.45) is 0.992. The van der Waals surface area contributed by atoms with Gasteiger partial charge in [0.25, 0.3) is 0 Å². The molecule has 0 N–H and O–H groups in total. The van der Waals surface area contributed by atoms with Crippen molar-refractivity contribution in [2.75, 3.05) is 0 Å². The fourth-order valence-corrected chi connectivity index (χ4v) is 2.58. The van der Waals surface area contributed by atoms with Crippen LogP contribution in [0.5, 0.6) is 0 Å². The van der Waals surface area contributed by atoms with Crippen LogP contribution in [0.1, 0.15) is 18.1 Å². The van der Waals surface area contributed by atoms with Crippen molar-refractivity contribution in [1.29, 1.82) is 5.26 Å². The molecule has 0 spiro atoms. The van der Waals surface area contributed by atoms with Crippen LogP contribution in [-0.2, 0) is 6.42 Å². The van der Waals surface area contributed by atoms with Gasteiger partial charge in [0.05, 0.1) is 5.56 Å². The Labute approximate surface area is 123 Å². The molecule has 0 aliphatic carbocycles. The van der Waals surface area contributed by atoms with E-state index < -0.39 is 5.82 Å². The van der Waals surface area contributed by atoms with Crippen LogP contribution in [0.4, 0.5) is 4.39 Å². The summed E-state index contributed by atoms with van der Waals surface area (Å²) in [6, 6.07) is 19.0. The van der Waals surface area contributed by atoms with Gasteiger partial charge in [-0.25, -0.2) is 4.39 Å². The van der Waals surface area contributed by atoms with E-state index in [-0.39, 0.29) is 5.56 Å². The Balaban J connectivity index is 2.21. The molecule has 0 radical (unpaired) electrons. The highest BCUT2D eigenvalue weighted by Gasteiger charge is 2.08. The average Bonchev–Trinajstić information content (AvgIpc) is 2.53. The van der Waals surface area contributed by atoms with Gasteiger partial charge in [-0.15, -0.1) is 0 Å². The predicted octanol–water partition coefficient (Wildman–Crippen LogP) is 5.08. The number of hydrogen-bond donors (Lipinski definition) is 0. The molecule has 0 heterocycles. The largest absolute Gasteiger partial charge is 0.206 e. The summed E-state index contributed by atoms with van der Waals surface area (Å²) in [5, 5.41) is 11.1. The quantitative estimate of drug-likeness (QED) is 0.639. The number of rotatable bonds is 2. The minimum Gasteiger partial charge on any atom is -0.206 e. The lowest BCUT2D eigenvalue weighted by Crippen LogP contribution is -1.88. The number of aryl methyl sites for hydroxylation is 1. The maximum absolute atomic E-state index is 13.8. The third kappa shape index (κ3) is 2.39. The van der Waals surface area contributed by atoms with Gasteiger partial charge in [0.2, 0.25) is 0 Å². The summed E-state index contributed by atoms with van der Waals surface area (Å²) in [7, 11) is 0. The Morgan fingerprint density at radius 2 is 1.90 bits per heavy atom. The highest BCUT2D eigenvalue weighted by atomic mass is 19.1. The number of nitriles is 1. The number of hydrogen-bond acceptors (Lipinski definition) is 1. The van der Waals surface area contributed by atoms with Crippen LogP contribution < -0.4 is 0 Å². The van der Waals surface area contributed by atoms with Gasteiger partial charge in [-0.3, -0.25) is 0 Å². The topological polar surface area (TPSA) is 23.8 Å². The van der Waals surface area contributed by atoms with Gasteiger partial charge in [-0.2, -0.15) is 5.26 Å². The number of benzene rings is 3. The average molecular weight is 275 g/mol. The van der Waals surface area contributed by atoms with Gasteiger partial charge >= 0.3 is 0 Å². The zero-order valence-electron chi connectivity index (χ0n) is 11.7. The lowest BCUT2D eigenvalue weighted by molar-refractivity contribution is 0.624. The van der Waals surface area contributed by atoms with Crippen LogP contribution in [0.15, 0.2) is 54.6 Å². The molecule has 0 atom stereocenters. The van der Waals surface area contributed by atoms with E-state index in [0.29, 0.717) is 0 Å². The molecule has 3 aromatic rings. The second-order valence-corrected chi connectivity index (χ2v) is 5.02. The van der Waals surface area contributed by atoms with Crippen LogP contribution in [0.3, 0.4) is 0 Å². The molecule has 0 aromatic heterocycles. The predicted molar refractivity (Wildman–Crippen MR) is 83.4 cm³/mol. The number of fused-ring (bicyclic) bond motifs is 1. The minimum absolute atomic E-state index is 0.0762. The van der Waals surface area contributed by atoms with Crippen molar-refractivity contribution in [3.63, 3.8) is 0 Å². The lowest BCUT2D eigenvalue weighted by atomic mass is 9.96. The van der Waals surface area contributed by atoms with E-state index in [0.717, 1.165) is 28.3 Å². The Hall–Kier alpha value is -2.66. The highest BCUT2D eigenvalue weighted by Crippen LogP contribution is 2.30. The van der Waals surface area contributed by atoms with E-state index in [1.807, 2.05) is 18.2 Å². The number of nitrogens with zero attached hydrogens (tertiary/aromatic N) is 1. The Kier molecular flexibility index (Phi) is 3.41. The van der Waals surface area contributed by atoms with Crippen LogP contribution in [0.25, 0.3) is 21.9 Å². The van der Waals surface area contributed by atoms with Crippen molar-refractivity contribution in [2.45, 2.75) is 13.3 Å². The van der Waals surface area contributed by atoms with Crippen molar-refractivity contribution in [1.82, 2.24) is 0 Å². The maximum Gasteiger partial charge on any atom is 0.141 e. The molecule has 0 fully saturated rings. The molecule has 21 heavy (non-hydrogen) atoms. The van der Waals surface area contributed by atoms with Gasteiger partial charge in [-0.05, 0) is 46.0 Å². The van der Waals surface area contributed by atoms with Crippen molar-refractivity contribution in [3.05, 3.63) is 71.5 Å². The standard InChI is InChI=1S/C19H14FN/c1-2-13-6-9-18-14(10-13)4-3-5-17(18)15-7-8-16(12-21)19(20)11-15/h3-11H,2H2,1H3. The van der Waals surface area contributed by atoms with Crippen LogP contribution in [0.2, 0.25) is 0 Å². The van der Waals surface area contributed by atoms with Gasteiger partial charge in [0.1, 0.15) is 11.9 Å². The molecular weight excluding hydrogens is 261 g/mol. The first kappa shape index (κ1) is 13.3. The molecule has 0 amide bonds. The molecule has 3 rings (SSSR count). The van der Waals surface area contributed by atoms with E-state index in [1.54, 1.807) is 6.07 Å². The van der Waals surface area contributed by atoms with Crippen LogP contribution in [-0.4, -0.2) is 0 Å². The molecule has 0 unspecified atom stereocenters. The molecular formula is C19H14FN. The third-order valence-corrected chi connectivity index (χ3v) is 3.75. The first-order valence-electron chi connectivity index (χ1n) is 6.94. The first-order valence-corrected chi connectivity index (χ1v) is 6.94. The summed E-state index contributed by atoms with van der Waals surface area (Å²) in [6.45, 7) is 2.13. The molecule has 0 saturated carbocycles. The molecule has 0 saturated heterocycles. The third-order valence-electron chi connectivity index (χ3n) is 3.75. The summed E-state index contributed by atoms with van der Waals surface area (Å²) < 4.78 is 13.8. The summed E-state index contributed by atoms with van der Waals surface area (Å²) in [5.41, 5.74) is 3.14. The van der Waals surface area contributed by atoms with Crippen molar-refractivity contribution in [2.24, 2.45) is 0 Å². The summed E-state index contributed by atoms with van der Waals surface area (Å²) >= 11 is 0. The van der Waals surface area contributed by atoms with E-state index in [2.05, 4.69) is 31.2 Å². The van der Waals surface area contributed by atoms with E-state index in [1.165, 1.54) is 17.7 Å². The van der Waals surface area contributed by atoms with E-state index >= 15 is 0 Å². The van der Waals surface area contributed by atoms with Crippen molar-refractivity contribution < 1.29 is 4.39 Å².